The fourth-order valence-corrected chi connectivity index (χ4v) is 3.49. The van der Waals surface area contributed by atoms with Crippen molar-refractivity contribution < 1.29 is 8.42 Å². The van der Waals surface area contributed by atoms with E-state index < -0.39 is 10.0 Å². The van der Waals surface area contributed by atoms with Crippen LogP contribution in [0.1, 0.15) is 40.0 Å². The SMILES string of the molecule is CC1CC(NCCNS(C)(=O)=O)CC(C)(C)C1. The molecule has 4 nitrogen and oxygen atoms in total. The lowest BCUT2D eigenvalue weighted by atomic mass is 9.70. The minimum absolute atomic E-state index is 0.402. The lowest BCUT2D eigenvalue weighted by Crippen LogP contribution is -2.43. The van der Waals surface area contributed by atoms with Crippen LogP contribution in [0.5, 0.6) is 0 Å². The summed E-state index contributed by atoms with van der Waals surface area (Å²) in [6, 6.07) is 0.523. The van der Waals surface area contributed by atoms with Gasteiger partial charge in [-0.05, 0) is 30.6 Å². The molecule has 1 aliphatic carbocycles. The van der Waals surface area contributed by atoms with Crippen LogP contribution in [0, 0.1) is 11.3 Å². The van der Waals surface area contributed by atoms with Gasteiger partial charge in [0.15, 0.2) is 0 Å². The standard InChI is InChI=1S/C12H26N2O2S/c1-10-7-11(9-12(2,3)8-10)13-5-6-14-17(4,15)16/h10-11,13-14H,5-9H2,1-4H3. The molecule has 2 unspecified atom stereocenters. The van der Waals surface area contributed by atoms with Gasteiger partial charge in [0.1, 0.15) is 0 Å². The van der Waals surface area contributed by atoms with Crippen molar-refractivity contribution in [3.8, 4) is 0 Å². The summed E-state index contributed by atoms with van der Waals surface area (Å²) in [6.07, 6.45) is 4.85. The Labute approximate surface area is 106 Å². The van der Waals surface area contributed by atoms with E-state index in [9.17, 15) is 8.42 Å². The van der Waals surface area contributed by atoms with Crippen LogP contribution >= 0.6 is 0 Å². The van der Waals surface area contributed by atoms with E-state index >= 15 is 0 Å². The van der Waals surface area contributed by atoms with Gasteiger partial charge >= 0.3 is 0 Å². The monoisotopic (exact) mass is 262 g/mol. The Kier molecular flexibility index (Phi) is 4.98. The minimum atomic E-state index is -3.05. The third kappa shape index (κ3) is 6.38. The predicted octanol–water partition coefficient (Wildman–Crippen LogP) is 1.34. The summed E-state index contributed by atoms with van der Waals surface area (Å²) < 4.78 is 24.3. The Morgan fingerprint density at radius 2 is 1.88 bits per heavy atom. The summed E-state index contributed by atoms with van der Waals surface area (Å²) in [7, 11) is -3.05. The van der Waals surface area contributed by atoms with Crippen molar-refractivity contribution in [3.05, 3.63) is 0 Å². The smallest absolute Gasteiger partial charge is 0.208 e. The normalized spacial score (nSPS) is 29.2. The maximum Gasteiger partial charge on any atom is 0.208 e. The molecule has 0 radical (unpaired) electrons. The van der Waals surface area contributed by atoms with E-state index in [1.807, 2.05) is 0 Å². The zero-order valence-corrected chi connectivity index (χ0v) is 12.2. The zero-order chi connectivity index (χ0) is 13.1. The molecule has 2 N–H and O–H groups in total. The second kappa shape index (κ2) is 5.67. The Balaban J connectivity index is 2.27. The second-order valence-electron chi connectivity index (χ2n) is 6.23. The Morgan fingerprint density at radius 3 is 2.41 bits per heavy atom. The third-order valence-electron chi connectivity index (χ3n) is 3.31. The van der Waals surface area contributed by atoms with Crippen LogP contribution in [0.15, 0.2) is 0 Å². The molecule has 0 amide bonds. The van der Waals surface area contributed by atoms with Gasteiger partial charge in [0, 0.05) is 19.1 Å². The average molecular weight is 262 g/mol. The molecule has 0 heterocycles. The number of rotatable bonds is 5. The highest BCUT2D eigenvalue weighted by Crippen LogP contribution is 2.38. The maximum atomic E-state index is 10.9. The molecule has 5 heteroatoms. The van der Waals surface area contributed by atoms with Gasteiger partial charge in [-0.1, -0.05) is 20.8 Å². The van der Waals surface area contributed by atoms with E-state index in [2.05, 4.69) is 30.8 Å². The van der Waals surface area contributed by atoms with Gasteiger partial charge in [-0.3, -0.25) is 0 Å². The van der Waals surface area contributed by atoms with Crippen molar-refractivity contribution in [2.45, 2.75) is 46.1 Å². The molecule has 0 aromatic rings. The number of nitrogens with one attached hydrogen (secondary N) is 2. The molecule has 1 aliphatic rings. The predicted molar refractivity (Wildman–Crippen MR) is 71.4 cm³/mol. The zero-order valence-electron chi connectivity index (χ0n) is 11.4. The molecule has 0 aromatic heterocycles. The van der Waals surface area contributed by atoms with Crippen molar-refractivity contribution >= 4 is 10.0 Å². The molecular weight excluding hydrogens is 236 g/mol. The molecule has 0 aromatic carbocycles. The summed E-state index contributed by atoms with van der Waals surface area (Å²) in [5.74, 6) is 0.749. The van der Waals surface area contributed by atoms with Gasteiger partial charge in [-0.2, -0.15) is 0 Å². The van der Waals surface area contributed by atoms with E-state index in [1.165, 1.54) is 25.5 Å². The van der Waals surface area contributed by atoms with E-state index in [0.29, 0.717) is 24.5 Å². The number of hydrogen-bond donors (Lipinski definition) is 2. The van der Waals surface area contributed by atoms with Crippen LogP contribution in [-0.2, 0) is 10.0 Å². The van der Waals surface area contributed by atoms with E-state index in [4.69, 9.17) is 0 Å². The van der Waals surface area contributed by atoms with Crippen molar-refractivity contribution in [1.29, 1.82) is 0 Å². The van der Waals surface area contributed by atoms with Crippen molar-refractivity contribution in [3.63, 3.8) is 0 Å². The second-order valence-corrected chi connectivity index (χ2v) is 8.06. The van der Waals surface area contributed by atoms with E-state index in [-0.39, 0.29) is 0 Å². The Morgan fingerprint density at radius 1 is 1.24 bits per heavy atom. The van der Waals surface area contributed by atoms with Crippen LogP contribution in [0.4, 0.5) is 0 Å². The van der Waals surface area contributed by atoms with Gasteiger partial charge in [-0.25, -0.2) is 13.1 Å². The van der Waals surface area contributed by atoms with Crippen LogP contribution < -0.4 is 10.0 Å². The lowest BCUT2D eigenvalue weighted by molar-refractivity contribution is 0.152. The van der Waals surface area contributed by atoms with Crippen LogP contribution in [0.2, 0.25) is 0 Å². The largest absolute Gasteiger partial charge is 0.313 e. The van der Waals surface area contributed by atoms with Crippen molar-refractivity contribution in [2.75, 3.05) is 19.3 Å². The van der Waals surface area contributed by atoms with E-state index in [0.717, 1.165) is 5.92 Å². The first kappa shape index (κ1) is 14.9. The molecule has 0 bridgehead atoms. The Hall–Kier alpha value is -0.130. The molecule has 2 atom stereocenters. The molecule has 0 aliphatic heterocycles. The molecule has 102 valence electrons. The molecule has 17 heavy (non-hydrogen) atoms. The van der Waals surface area contributed by atoms with Crippen LogP contribution in [-0.4, -0.2) is 33.8 Å². The minimum Gasteiger partial charge on any atom is -0.313 e. The van der Waals surface area contributed by atoms with Crippen molar-refractivity contribution in [2.24, 2.45) is 11.3 Å². The fraction of sp³-hybridized carbons (Fsp3) is 1.00. The lowest BCUT2D eigenvalue weighted by Gasteiger charge is -2.39. The van der Waals surface area contributed by atoms with E-state index in [1.54, 1.807) is 0 Å². The molecule has 1 saturated carbocycles. The van der Waals surface area contributed by atoms with Gasteiger partial charge in [-0.15, -0.1) is 0 Å². The van der Waals surface area contributed by atoms with Crippen LogP contribution in [0.25, 0.3) is 0 Å². The summed E-state index contributed by atoms with van der Waals surface area (Å²) in [4.78, 5) is 0. The van der Waals surface area contributed by atoms with Gasteiger partial charge in [0.2, 0.25) is 10.0 Å². The fourth-order valence-electron chi connectivity index (χ4n) is 3.01. The Bertz CT molecular complexity index is 338. The van der Waals surface area contributed by atoms with Crippen molar-refractivity contribution in [1.82, 2.24) is 10.0 Å². The molecule has 0 spiro atoms. The van der Waals surface area contributed by atoms with Gasteiger partial charge in [0.25, 0.3) is 0 Å². The summed E-state index contributed by atoms with van der Waals surface area (Å²) in [6.45, 7) is 8.10. The number of hydrogen-bond acceptors (Lipinski definition) is 3. The highest BCUT2D eigenvalue weighted by molar-refractivity contribution is 7.88. The molecule has 1 fully saturated rings. The maximum absolute atomic E-state index is 10.9. The summed E-state index contributed by atoms with van der Waals surface area (Å²) >= 11 is 0. The summed E-state index contributed by atoms with van der Waals surface area (Å²) in [5, 5.41) is 3.45. The first-order valence-electron chi connectivity index (χ1n) is 6.36. The molecule has 0 saturated heterocycles. The third-order valence-corrected chi connectivity index (χ3v) is 4.04. The van der Waals surface area contributed by atoms with Gasteiger partial charge in [0.05, 0.1) is 6.26 Å². The summed E-state index contributed by atoms with van der Waals surface area (Å²) in [5.41, 5.74) is 0.402. The molecule has 1 rings (SSSR count). The topological polar surface area (TPSA) is 58.2 Å². The number of sulfonamides is 1. The van der Waals surface area contributed by atoms with Gasteiger partial charge < -0.3 is 5.32 Å². The molecular formula is C12H26N2O2S. The quantitative estimate of drug-likeness (QED) is 0.735. The highest BCUT2D eigenvalue weighted by Gasteiger charge is 2.31. The first-order chi connectivity index (χ1) is 7.68. The van der Waals surface area contributed by atoms with Crippen LogP contribution in [0.3, 0.4) is 0 Å². The first-order valence-corrected chi connectivity index (χ1v) is 8.25. The average Bonchev–Trinajstić information content (AvgIpc) is 2.07. The highest BCUT2D eigenvalue weighted by atomic mass is 32.2.